The van der Waals surface area contributed by atoms with E-state index >= 15 is 0 Å². The lowest BCUT2D eigenvalue weighted by Crippen LogP contribution is -2.21. The van der Waals surface area contributed by atoms with Crippen molar-refractivity contribution in [1.29, 1.82) is 0 Å². The van der Waals surface area contributed by atoms with Crippen molar-refractivity contribution in [3.8, 4) is 0 Å². The van der Waals surface area contributed by atoms with Crippen molar-refractivity contribution in [2.24, 2.45) is 0 Å². The highest BCUT2D eigenvalue weighted by molar-refractivity contribution is 6.31. The summed E-state index contributed by atoms with van der Waals surface area (Å²) in [5.41, 5.74) is 4.01. The molecule has 0 aliphatic rings. The Bertz CT molecular complexity index is 613. The lowest BCUT2D eigenvalue weighted by molar-refractivity contribution is 0.567. The van der Waals surface area contributed by atoms with E-state index in [4.69, 9.17) is 11.6 Å². The monoisotopic (exact) mass is 292 g/mol. The summed E-state index contributed by atoms with van der Waals surface area (Å²) in [6.07, 6.45) is 2.45. The number of nitrogens with zero attached hydrogens (tertiary/aromatic N) is 1. The summed E-state index contributed by atoms with van der Waals surface area (Å²) >= 11 is 6.02. The Morgan fingerprint density at radius 1 is 1.35 bits per heavy atom. The quantitative estimate of drug-likeness (QED) is 0.921. The third-order valence-corrected chi connectivity index (χ3v) is 3.81. The molecule has 106 valence electrons. The number of hydrogen-bond donors (Lipinski definition) is 1. The first kappa shape index (κ1) is 14.9. The zero-order valence-corrected chi connectivity index (χ0v) is 12.6. The molecule has 1 aromatic heterocycles. The van der Waals surface area contributed by atoms with Gasteiger partial charge in [-0.05, 0) is 50.1 Å². The molecule has 0 saturated heterocycles. The molecule has 0 spiro atoms. The second kappa shape index (κ2) is 6.33. The number of pyridine rings is 1. The number of rotatable bonds is 4. The Kier molecular flexibility index (Phi) is 4.73. The Morgan fingerprint density at radius 3 is 2.75 bits per heavy atom. The van der Waals surface area contributed by atoms with Crippen molar-refractivity contribution in [2.45, 2.75) is 26.3 Å². The van der Waals surface area contributed by atoms with Crippen LogP contribution in [0.5, 0.6) is 0 Å². The van der Waals surface area contributed by atoms with Crippen LogP contribution in [0.1, 0.15) is 28.4 Å². The Hall–Kier alpha value is -1.45. The molecule has 1 atom stereocenters. The number of hydrogen-bond acceptors (Lipinski definition) is 2. The lowest BCUT2D eigenvalue weighted by Gasteiger charge is -2.19. The first-order chi connectivity index (χ1) is 9.52. The molecule has 0 saturated carbocycles. The predicted octanol–water partition coefficient (Wildman–Crippen LogP) is 3.99. The second-order valence-electron chi connectivity index (χ2n) is 4.97. The molecule has 0 radical (unpaired) electrons. The molecule has 0 bridgehead atoms. The van der Waals surface area contributed by atoms with E-state index in [0.29, 0.717) is 6.42 Å². The van der Waals surface area contributed by atoms with Gasteiger partial charge in [0.05, 0.1) is 16.8 Å². The molecule has 2 aromatic rings. The van der Waals surface area contributed by atoms with Gasteiger partial charge in [0.2, 0.25) is 0 Å². The third-order valence-electron chi connectivity index (χ3n) is 3.39. The number of aromatic nitrogens is 1. The van der Waals surface area contributed by atoms with Gasteiger partial charge < -0.3 is 5.32 Å². The number of halogens is 2. The van der Waals surface area contributed by atoms with Gasteiger partial charge in [-0.25, -0.2) is 4.39 Å². The third kappa shape index (κ3) is 3.17. The van der Waals surface area contributed by atoms with Crippen LogP contribution in [0, 0.1) is 19.7 Å². The van der Waals surface area contributed by atoms with Gasteiger partial charge in [0.1, 0.15) is 5.82 Å². The number of likely N-dealkylation sites (N-methyl/N-ethyl adjacent to an activating group) is 1. The van der Waals surface area contributed by atoms with Crippen LogP contribution in [0.2, 0.25) is 5.02 Å². The highest BCUT2D eigenvalue weighted by atomic mass is 35.5. The molecule has 1 N–H and O–H groups in total. The van der Waals surface area contributed by atoms with E-state index in [9.17, 15) is 4.39 Å². The summed E-state index contributed by atoms with van der Waals surface area (Å²) < 4.78 is 13.5. The zero-order chi connectivity index (χ0) is 14.7. The molecular formula is C16H18ClFN2. The van der Waals surface area contributed by atoms with E-state index in [1.165, 1.54) is 6.07 Å². The van der Waals surface area contributed by atoms with Gasteiger partial charge in [-0.1, -0.05) is 29.8 Å². The highest BCUT2D eigenvalue weighted by Gasteiger charge is 2.16. The zero-order valence-electron chi connectivity index (χ0n) is 11.9. The summed E-state index contributed by atoms with van der Waals surface area (Å²) in [5.74, 6) is -0.382. The van der Waals surface area contributed by atoms with Crippen LogP contribution in [-0.2, 0) is 6.42 Å². The maximum absolute atomic E-state index is 13.5. The molecule has 2 nitrogen and oxygen atoms in total. The Morgan fingerprint density at radius 2 is 2.10 bits per heavy atom. The van der Waals surface area contributed by atoms with E-state index in [2.05, 4.69) is 16.4 Å². The van der Waals surface area contributed by atoms with Gasteiger partial charge in [0.25, 0.3) is 0 Å². The van der Waals surface area contributed by atoms with Crippen molar-refractivity contribution < 1.29 is 4.39 Å². The minimum atomic E-state index is -0.382. The van der Waals surface area contributed by atoms with Gasteiger partial charge in [-0.3, -0.25) is 4.98 Å². The SMILES string of the molecule is CNC(Cc1cccc(F)c1Cl)c1ncc(C)cc1C. The molecule has 1 aromatic carbocycles. The smallest absolute Gasteiger partial charge is 0.142 e. The molecule has 20 heavy (non-hydrogen) atoms. The lowest BCUT2D eigenvalue weighted by atomic mass is 9.99. The fourth-order valence-corrected chi connectivity index (χ4v) is 2.56. The molecular weight excluding hydrogens is 275 g/mol. The van der Waals surface area contributed by atoms with Crippen LogP contribution in [0.25, 0.3) is 0 Å². The Labute approximate surface area is 124 Å². The Balaban J connectivity index is 2.31. The van der Waals surface area contributed by atoms with Crippen LogP contribution >= 0.6 is 11.6 Å². The van der Waals surface area contributed by atoms with Crippen molar-refractivity contribution in [3.63, 3.8) is 0 Å². The average molecular weight is 293 g/mol. The summed E-state index contributed by atoms with van der Waals surface area (Å²) in [6, 6.07) is 7.00. The van der Waals surface area contributed by atoms with Crippen LogP contribution in [-0.4, -0.2) is 12.0 Å². The van der Waals surface area contributed by atoms with Gasteiger partial charge >= 0.3 is 0 Å². The number of aryl methyl sites for hydroxylation is 2. The molecule has 0 aliphatic carbocycles. The van der Waals surface area contributed by atoms with Gasteiger partial charge in [-0.2, -0.15) is 0 Å². The van der Waals surface area contributed by atoms with Gasteiger partial charge in [0.15, 0.2) is 0 Å². The van der Waals surface area contributed by atoms with Crippen LogP contribution in [0.15, 0.2) is 30.5 Å². The summed E-state index contributed by atoms with van der Waals surface area (Å²) in [4.78, 5) is 4.50. The van der Waals surface area contributed by atoms with E-state index in [-0.39, 0.29) is 16.9 Å². The van der Waals surface area contributed by atoms with Crippen molar-refractivity contribution >= 4 is 11.6 Å². The van der Waals surface area contributed by atoms with Gasteiger partial charge in [0, 0.05) is 6.20 Å². The minimum Gasteiger partial charge on any atom is -0.311 e. The first-order valence-electron chi connectivity index (χ1n) is 6.56. The normalized spacial score (nSPS) is 12.4. The molecule has 1 heterocycles. The van der Waals surface area contributed by atoms with E-state index in [1.54, 1.807) is 6.07 Å². The largest absolute Gasteiger partial charge is 0.311 e. The summed E-state index contributed by atoms with van der Waals surface area (Å²) in [6.45, 7) is 4.05. The van der Waals surface area contributed by atoms with Crippen LogP contribution in [0.3, 0.4) is 0 Å². The van der Waals surface area contributed by atoms with Crippen molar-refractivity contribution in [1.82, 2.24) is 10.3 Å². The standard InChI is InChI=1S/C16H18ClFN2/c1-10-7-11(2)16(20-9-10)14(19-3)8-12-5-4-6-13(18)15(12)17/h4-7,9,14,19H,8H2,1-3H3. The number of benzene rings is 1. The molecule has 2 rings (SSSR count). The minimum absolute atomic E-state index is 0.00917. The van der Waals surface area contributed by atoms with Crippen LogP contribution in [0.4, 0.5) is 4.39 Å². The van der Waals surface area contributed by atoms with Crippen molar-refractivity contribution in [2.75, 3.05) is 7.05 Å². The molecule has 0 fully saturated rings. The highest BCUT2D eigenvalue weighted by Crippen LogP contribution is 2.26. The molecule has 4 heteroatoms. The van der Waals surface area contributed by atoms with E-state index in [1.807, 2.05) is 33.2 Å². The topological polar surface area (TPSA) is 24.9 Å². The fraction of sp³-hybridized carbons (Fsp3) is 0.312. The summed E-state index contributed by atoms with van der Waals surface area (Å²) in [5, 5.41) is 3.42. The van der Waals surface area contributed by atoms with Gasteiger partial charge in [-0.15, -0.1) is 0 Å². The van der Waals surface area contributed by atoms with Crippen molar-refractivity contribution in [3.05, 3.63) is 63.7 Å². The summed E-state index contributed by atoms with van der Waals surface area (Å²) in [7, 11) is 1.87. The second-order valence-corrected chi connectivity index (χ2v) is 5.35. The maximum atomic E-state index is 13.5. The predicted molar refractivity (Wildman–Crippen MR) is 80.6 cm³/mol. The van der Waals surface area contributed by atoms with E-state index < -0.39 is 0 Å². The average Bonchev–Trinajstić information content (AvgIpc) is 2.41. The van der Waals surface area contributed by atoms with Crippen LogP contribution < -0.4 is 5.32 Å². The molecule has 0 amide bonds. The molecule has 1 unspecified atom stereocenters. The molecule has 0 aliphatic heterocycles. The van der Waals surface area contributed by atoms with E-state index in [0.717, 1.165) is 22.4 Å². The first-order valence-corrected chi connectivity index (χ1v) is 6.94. The number of nitrogens with one attached hydrogen (secondary N) is 1. The fourth-order valence-electron chi connectivity index (χ4n) is 2.35. The maximum Gasteiger partial charge on any atom is 0.142 e.